The lowest BCUT2D eigenvalue weighted by molar-refractivity contribution is -0.00122. The van der Waals surface area contributed by atoms with Crippen molar-refractivity contribution >= 4 is 17.5 Å². The summed E-state index contributed by atoms with van der Waals surface area (Å²) in [6, 6.07) is 14.1. The van der Waals surface area contributed by atoms with Gasteiger partial charge in [-0.25, -0.2) is 4.39 Å². The van der Waals surface area contributed by atoms with Gasteiger partial charge in [0.2, 0.25) is 5.91 Å². The number of nitrogens with two attached hydrogens (primary N) is 1. The van der Waals surface area contributed by atoms with E-state index in [0.717, 1.165) is 11.3 Å². The second-order valence-corrected chi connectivity index (χ2v) is 6.45. The highest BCUT2D eigenvalue weighted by Gasteiger charge is 2.24. The van der Waals surface area contributed by atoms with Crippen molar-refractivity contribution in [1.29, 1.82) is 0 Å². The number of nitrogens with one attached hydrogen (secondary N) is 1. The quantitative estimate of drug-likeness (QED) is 0.727. The number of hydrogen-bond acceptors (Lipinski definition) is 4. The Labute approximate surface area is 159 Å². The lowest BCUT2D eigenvalue weighted by Crippen LogP contribution is -2.22. The Morgan fingerprint density at radius 2 is 1.86 bits per heavy atom. The molecule has 2 aromatic carbocycles. The third-order valence-electron chi connectivity index (χ3n) is 4.54. The zero-order valence-corrected chi connectivity index (χ0v) is 14.8. The van der Waals surface area contributed by atoms with Crippen molar-refractivity contribution in [2.75, 3.05) is 5.32 Å². The summed E-state index contributed by atoms with van der Waals surface area (Å²) in [5.74, 6) is -1.20. The molecule has 3 N–H and O–H groups in total. The summed E-state index contributed by atoms with van der Waals surface area (Å²) in [6.45, 7) is 0.733. The molecule has 0 radical (unpaired) electrons. The SMILES string of the molecule is NC(=O)c1ccc(NC(=O)c2cc3n(n2)C[C@H](c2ccc(F)cc2)OC3)cc1. The summed E-state index contributed by atoms with van der Waals surface area (Å²) in [4.78, 5) is 23.6. The summed E-state index contributed by atoms with van der Waals surface area (Å²) in [5.41, 5.74) is 7.99. The predicted molar refractivity (Wildman–Crippen MR) is 99.1 cm³/mol. The second kappa shape index (κ2) is 7.24. The minimum atomic E-state index is -0.532. The Morgan fingerprint density at radius 3 is 2.54 bits per heavy atom. The van der Waals surface area contributed by atoms with Crippen LogP contribution >= 0.6 is 0 Å². The normalized spacial score (nSPS) is 15.7. The minimum absolute atomic E-state index is 0.259. The van der Waals surface area contributed by atoms with Crippen LogP contribution in [0.15, 0.2) is 54.6 Å². The average Bonchev–Trinajstić information content (AvgIpc) is 3.12. The van der Waals surface area contributed by atoms with E-state index in [-0.39, 0.29) is 23.5 Å². The van der Waals surface area contributed by atoms with Crippen LogP contribution in [0.1, 0.15) is 38.2 Å². The smallest absolute Gasteiger partial charge is 0.276 e. The van der Waals surface area contributed by atoms with E-state index in [1.807, 2.05) is 0 Å². The van der Waals surface area contributed by atoms with Gasteiger partial charge in [0, 0.05) is 11.3 Å². The molecule has 1 aliphatic heterocycles. The molecule has 8 heteroatoms. The van der Waals surface area contributed by atoms with E-state index >= 15 is 0 Å². The van der Waals surface area contributed by atoms with Crippen LogP contribution in [0.4, 0.5) is 10.1 Å². The number of benzene rings is 2. The summed E-state index contributed by atoms with van der Waals surface area (Å²) in [6.07, 6.45) is -0.259. The number of rotatable bonds is 4. The number of carbonyl (C=O) groups is 2. The molecule has 28 heavy (non-hydrogen) atoms. The van der Waals surface area contributed by atoms with Gasteiger partial charge in [0.15, 0.2) is 5.69 Å². The van der Waals surface area contributed by atoms with Crippen LogP contribution in [0.3, 0.4) is 0 Å². The molecule has 2 amide bonds. The Balaban J connectivity index is 1.47. The maximum atomic E-state index is 13.1. The predicted octanol–water partition coefficient (Wildman–Crippen LogP) is 2.64. The van der Waals surface area contributed by atoms with E-state index in [1.54, 1.807) is 35.0 Å². The number of aromatic nitrogens is 2. The first-order chi connectivity index (χ1) is 13.5. The fraction of sp³-hybridized carbons (Fsp3) is 0.150. The Hall–Kier alpha value is -3.52. The third kappa shape index (κ3) is 3.63. The van der Waals surface area contributed by atoms with E-state index in [0.29, 0.717) is 24.4 Å². The van der Waals surface area contributed by atoms with Crippen molar-refractivity contribution in [3.8, 4) is 0 Å². The average molecular weight is 380 g/mol. The van der Waals surface area contributed by atoms with Gasteiger partial charge < -0.3 is 15.8 Å². The summed E-state index contributed by atoms with van der Waals surface area (Å²) >= 11 is 0. The van der Waals surface area contributed by atoms with Crippen LogP contribution in [-0.4, -0.2) is 21.6 Å². The number of anilines is 1. The molecule has 0 aliphatic carbocycles. The van der Waals surface area contributed by atoms with Crippen LogP contribution in [0.5, 0.6) is 0 Å². The molecule has 7 nitrogen and oxygen atoms in total. The number of hydrogen-bond donors (Lipinski definition) is 2. The van der Waals surface area contributed by atoms with E-state index in [2.05, 4.69) is 10.4 Å². The molecule has 2 heterocycles. The number of fused-ring (bicyclic) bond motifs is 1. The van der Waals surface area contributed by atoms with Crippen molar-refractivity contribution in [2.45, 2.75) is 19.3 Å². The van der Waals surface area contributed by atoms with E-state index < -0.39 is 5.91 Å². The highest BCUT2D eigenvalue weighted by Crippen LogP contribution is 2.27. The first-order valence-electron chi connectivity index (χ1n) is 8.64. The first kappa shape index (κ1) is 17.9. The number of carbonyl (C=O) groups excluding carboxylic acids is 2. The fourth-order valence-electron chi connectivity index (χ4n) is 3.03. The molecule has 0 saturated heterocycles. The Morgan fingerprint density at radius 1 is 1.14 bits per heavy atom. The van der Waals surface area contributed by atoms with Crippen LogP contribution in [0.2, 0.25) is 0 Å². The number of primary amides is 1. The molecule has 3 aromatic rings. The van der Waals surface area contributed by atoms with Gasteiger partial charge in [-0.3, -0.25) is 14.3 Å². The van der Waals surface area contributed by atoms with Crippen LogP contribution < -0.4 is 11.1 Å². The molecule has 0 saturated carbocycles. The topological polar surface area (TPSA) is 99.2 Å². The number of nitrogens with zero attached hydrogens (tertiary/aromatic N) is 2. The zero-order chi connectivity index (χ0) is 19.7. The summed E-state index contributed by atoms with van der Waals surface area (Å²) in [5, 5.41) is 7.10. The van der Waals surface area contributed by atoms with Crippen molar-refractivity contribution in [3.63, 3.8) is 0 Å². The van der Waals surface area contributed by atoms with Gasteiger partial charge in [-0.2, -0.15) is 5.10 Å². The Kier molecular flexibility index (Phi) is 4.62. The summed E-state index contributed by atoms with van der Waals surface area (Å²) < 4.78 is 20.6. The van der Waals surface area contributed by atoms with Gasteiger partial charge >= 0.3 is 0 Å². The number of amides is 2. The molecule has 0 unspecified atom stereocenters. The standard InChI is InChI=1S/C20H17FN4O3/c21-14-5-1-12(2-6-14)18-10-25-16(11-28-18)9-17(24-25)20(27)23-15-7-3-13(4-8-15)19(22)26/h1-9,18H,10-11H2,(H2,22,26)(H,23,27)/t18-/m1/s1. The molecule has 1 aromatic heterocycles. The van der Waals surface area contributed by atoms with Crippen LogP contribution in [0, 0.1) is 5.82 Å². The molecule has 0 fully saturated rings. The molecule has 1 aliphatic rings. The largest absolute Gasteiger partial charge is 0.366 e. The first-order valence-corrected chi connectivity index (χ1v) is 8.64. The number of ether oxygens (including phenoxy) is 1. The van der Waals surface area contributed by atoms with Gasteiger partial charge in [0.25, 0.3) is 5.91 Å². The van der Waals surface area contributed by atoms with Crippen molar-refractivity contribution in [3.05, 3.63) is 82.9 Å². The van der Waals surface area contributed by atoms with E-state index in [4.69, 9.17) is 10.5 Å². The fourth-order valence-corrected chi connectivity index (χ4v) is 3.03. The molecular weight excluding hydrogens is 363 g/mol. The lowest BCUT2D eigenvalue weighted by atomic mass is 10.1. The zero-order valence-electron chi connectivity index (χ0n) is 14.8. The molecule has 1 atom stereocenters. The van der Waals surface area contributed by atoms with E-state index in [9.17, 15) is 14.0 Å². The van der Waals surface area contributed by atoms with Gasteiger partial charge in [0.05, 0.1) is 18.8 Å². The van der Waals surface area contributed by atoms with Gasteiger partial charge in [0.1, 0.15) is 11.9 Å². The minimum Gasteiger partial charge on any atom is -0.366 e. The lowest BCUT2D eigenvalue weighted by Gasteiger charge is -2.24. The van der Waals surface area contributed by atoms with Crippen molar-refractivity contribution < 1.29 is 18.7 Å². The molecule has 0 spiro atoms. The third-order valence-corrected chi connectivity index (χ3v) is 4.54. The van der Waals surface area contributed by atoms with Crippen LogP contribution in [0.25, 0.3) is 0 Å². The van der Waals surface area contributed by atoms with Gasteiger partial charge in [-0.1, -0.05) is 12.1 Å². The highest BCUT2D eigenvalue weighted by molar-refractivity contribution is 6.03. The maximum Gasteiger partial charge on any atom is 0.276 e. The molecule has 142 valence electrons. The van der Waals surface area contributed by atoms with Gasteiger partial charge in [-0.05, 0) is 48.0 Å². The van der Waals surface area contributed by atoms with Gasteiger partial charge in [-0.15, -0.1) is 0 Å². The van der Waals surface area contributed by atoms with Crippen molar-refractivity contribution in [2.24, 2.45) is 5.73 Å². The maximum absolute atomic E-state index is 13.1. The molecule has 4 rings (SSSR count). The Bertz CT molecular complexity index is 1030. The molecular formula is C20H17FN4O3. The monoisotopic (exact) mass is 380 g/mol. The number of halogens is 1. The van der Waals surface area contributed by atoms with E-state index in [1.165, 1.54) is 24.3 Å². The summed E-state index contributed by atoms with van der Waals surface area (Å²) in [7, 11) is 0. The second-order valence-electron chi connectivity index (χ2n) is 6.45. The highest BCUT2D eigenvalue weighted by atomic mass is 19.1. The molecule has 0 bridgehead atoms. The van der Waals surface area contributed by atoms with Crippen LogP contribution in [-0.2, 0) is 17.9 Å². The van der Waals surface area contributed by atoms with Crippen molar-refractivity contribution in [1.82, 2.24) is 9.78 Å².